The molecule has 0 aliphatic heterocycles. The summed E-state index contributed by atoms with van der Waals surface area (Å²) in [5, 5.41) is 7.50. The predicted molar refractivity (Wildman–Crippen MR) is 107 cm³/mol. The van der Waals surface area contributed by atoms with Crippen LogP contribution in [0.2, 0.25) is 5.02 Å². The maximum atomic E-state index is 6.19. The molecule has 2 rings (SSSR count). The molecule has 0 amide bonds. The lowest BCUT2D eigenvalue weighted by molar-refractivity contribution is 0.402. The largest absolute Gasteiger partial charge is 0.356 e. The number of benzene rings is 2. The third-order valence-corrected chi connectivity index (χ3v) is 4.19. The number of halogens is 1. The van der Waals surface area contributed by atoms with E-state index >= 15 is 0 Å². The molecule has 0 saturated carbocycles. The summed E-state index contributed by atoms with van der Waals surface area (Å²) >= 11 is 6.19. The van der Waals surface area contributed by atoms with Gasteiger partial charge in [0.2, 0.25) is 0 Å². The van der Waals surface area contributed by atoms with E-state index in [1.54, 1.807) is 7.05 Å². The van der Waals surface area contributed by atoms with Crippen molar-refractivity contribution in [3.8, 4) is 0 Å². The minimum atomic E-state index is 0.743. The Labute approximate surface area is 155 Å². The fraction of sp³-hybridized carbons (Fsp3) is 0.350. The molecule has 0 spiro atoms. The number of guanidine groups is 1. The van der Waals surface area contributed by atoms with Gasteiger partial charge >= 0.3 is 0 Å². The van der Waals surface area contributed by atoms with Crippen LogP contribution in [0.15, 0.2) is 53.5 Å². The van der Waals surface area contributed by atoms with Crippen LogP contribution in [-0.4, -0.2) is 38.5 Å². The SMILES string of the molecule is CN=C(NCCc1ccccc1Cl)NCc1cccc(CN(C)C)c1. The second kappa shape index (κ2) is 10.1. The third kappa shape index (κ3) is 6.77. The Kier molecular flexibility index (Phi) is 7.76. The molecule has 5 heteroatoms. The van der Waals surface area contributed by atoms with Crippen LogP contribution in [0.25, 0.3) is 0 Å². The maximum absolute atomic E-state index is 6.19. The van der Waals surface area contributed by atoms with E-state index in [0.717, 1.165) is 42.6 Å². The summed E-state index contributed by atoms with van der Waals surface area (Å²) in [6.45, 7) is 2.47. The second-order valence-electron chi connectivity index (χ2n) is 6.25. The van der Waals surface area contributed by atoms with E-state index in [2.05, 4.69) is 65.0 Å². The Morgan fingerprint density at radius 3 is 2.52 bits per heavy atom. The molecule has 0 fully saturated rings. The van der Waals surface area contributed by atoms with E-state index < -0.39 is 0 Å². The molecule has 0 aliphatic rings. The van der Waals surface area contributed by atoms with Crippen LogP contribution in [0, 0.1) is 0 Å². The first kappa shape index (κ1) is 19.3. The highest BCUT2D eigenvalue weighted by molar-refractivity contribution is 6.31. The number of aliphatic imine (C=N–C) groups is 1. The zero-order valence-corrected chi connectivity index (χ0v) is 16.0. The Bertz CT molecular complexity index is 698. The lowest BCUT2D eigenvalue weighted by Gasteiger charge is -2.14. The van der Waals surface area contributed by atoms with Crippen molar-refractivity contribution in [2.45, 2.75) is 19.5 Å². The first-order valence-electron chi connectivity index (χ1n) is 8.49. The van der Waals surface area contributed by atoms with Gasteiger partial charge in [-0.05, 0) is 43.3 Å². The summed E-state index contributed by atoms with van der Waals surface area (Å²) < 4.78 is 0. The van der Waals surface area contributed by atoms with Crippen molar-refractivity contribution >= 4 is 17.6 Å². The summed E-state index contributed by atoms with van der Waals surface area (Å²) in [5.41, 5.74) is 3.70. The Morgan fingerprint density at radius 2 is 1.80 bits per heavy atom. The average molecular weight is 359 g/mol. The Morgan fingerprint density at radius 1 is 1.04 bits per heavy atom. The van der Waals surface area contributed by atoms with Crippen LogP contribution < -0.4 is 10.6 Å². The van der Waals surface area contributed by atoms with Crippen LogP contribution in [-0.2, 0) is 19.5 Å². The molecule has 0 unspecified atom stereocenters. The van der Waals surface area contributed by atoms with Gasteiger partial charge in [-0.1, -0.05) is 54.1 Å². The molecular weight excluding hydrogens is 332 g/mol. The maximum Gasteiger partial charge on any atom is 0.191 e. The van der Waals surface area contributed by atoms with Crippen molar-refractivity contribution in [1.29, 1.82) is 0 Å². The molecule has 0 heterocycles. The van der Waals surface area contributed by atoms with Crippen LogP contribution in [0.5, 0.6) is 0 Å². The smallest absolute Gasteiger partial charge is 0.191 e. The molecule has 134 valence electrons. The minimum absolute atomic E-state index is 0.743. The molecule has 0 saturated heterocycles. The first-order valence-corrected chi connectivity index (χ1v) is 8.86. The molecule has 0 radical (unpaired) electrons. The van der Waals surface area contributed by atoms with Crippen LogP contribution >= 0.6 is 11.6 Å². The second-order valence-corrected chi connectivity index (χ2v) is 6.66. The van der Waals surface area contributed by atoms with Gasteiger partial charge in [-0.15, -0.1) is 0 Å². The third-order valence-electron chi connectivity index (χ3n) is 3.82. The van der Waals surface area contributed by atoms with E-state index in [4.69, 9.17) is 11.6 Å². The highest BCUT2D eigenvalue weighted by Gasteiger charge is 2.02. The first-order chi connectivity index (χ1) is 12.1. The van der Waals surface area contributed by atoms with E-state index in [9.17, 15) is 0 Å². The van der Waals surface area contributed by atoms with E-state index in [-0.39, 0.29) is 0 Å². The van der Waals surface area contributed by atoms with Gasteiger partial charge in [0, 0.05) is 31.7 Å². The number of hydrogen-bond acceptors (Lipinski definition) is 2. The molecule has 2 aromatic rings. The minimum Gasteiger partial charge on any atom is -0.356 e. The lowest BCUT2D eigenvalue weighted by atomic mass is 10.1. The van der Waals surface area contributed by atoms with E-state index in [1.807, 2.05) is 18.2 Å². The van der Waals surface area contributed by atoms with Gasteiger partial charge < -0.3 is 15.5 Å². The fourth-order valence-corrected chi connectivity index (χ4v) is 2.86. The van der Waals surface area contributed by atoms with Crippen LogP contribution in [0.3, 0.4) is 0 Å². The molecule has 0 aliphatic carbocycles. The van der Waals surface area contributed by atoms with Gasteiger partial charge in [-0.2, -0.15) is 0 Å². The van der Waals surface area contributed by atoms with Gasteiger partial charge in [0.1, 0.15) is 0 Å². The van der Waals surface area contributed by atoms with Gasteiger partial charge in [0.05, 0.1) is 0 Å². The Balaban J connectivity index is 1.81. The topological polar surface area (TPSA) is 39.7 Å². The van der Waals surface area contributed by atoms with Gasteiger partial charge in [0.25, 0.3) is 0 Å². The van der Waals surface area contributed by atoms with Crippen molar-refractivity contribution in [2.75, 3.05) is 27.7 Å². The number of nitrogens with one attached hydrogen (secondary N) is 2. The normalized spacial score (nSPS) is 11.6. The highest BCUT2D eigenvalue weighted by atomic mass is 35.5. The number of nitrogens with zero attached hydrogens (tertiary/aromatic N) is 2. The van der Waals surface area contributed by atoms with Gasteiger partial charge in [-0.3, -0.25) is 4.99 Å². The highest BCUT2D eigenvalue weighted by Crippen LogP contribution is 2.14. The van der Waals surface area contributed by atoms with Gasteiger partial charge in [0.15, 0.2) is 5.96 Å². The summed E-state index contributed by atoms with van der Waals surface area (Å²) in [6, 6.07) is 16.5. The number of hydrogen-bond donors (Lipinski definition) is 2. The quantitative estimate of drug-likeness (QED) is 0.589. The van der Waals surface area contributed by atoms with Crippen molar-refractivity contribution < 1.29 is 0 Å². The summed E-state index contributed by atoms with van der Waals surface area (Å²) in [6.07, 6.45) is 0.860. The van der Waals surface area contributed by atoms with E-state index in [0.29, 0.717) is 0 Å². The molecule has 0 bridgehead atoms. The Hall–Kier alpha value is -2.04. The summed E-state index contributed by atoms with van der Waals surface area (Å²) in [4.78, 5) is 6.45. The molecule has 2 aromatic carbocycles. The zero-order valence-electron chi connectivity index (χ0n) is 15.2. The predicted octanol–water partition coefficient (Wildman–Crippen LogP) is 3.31. The van der Waals surface area contributed by atoms with Crippen molar-refractivity contribution in [3.63, 3.8) is 0 Å². The van der Waals surface area contributed by atoms with Crippen molar-refractivity contribution in [2.24, 2.45) is 4.99 Å². The van der Waals surface area contributed by atoms with E-state index in [1.165, 1.54) is 11.1 Å². The zero-order chi connectivity index (χ0) is 18.1. The molecular formula is C20H27ClN4. The van der Waals surface area contributed by atoms with Crippen LogP contribution in [0.4, 0.5) is 0 Å². The number of rotatable bonds is 7. The van der Waals surface area contributed by atoms with Crippen LogP contribution in [0.1, 0.15) is 16.7 Å². The molecule has 4 nitrogen and oxygen atoms in total. The van der Waals surface area contributed by atoms with Crippen molar-refractivity contribution in [1.82, 2.24) is 15.5 Å². The fourth-order valence-electron chi connectivity index (χ4n) is 2.63. The summed E-state index contributed by atoms with van der Waals surface area (Å²) in [5.74, 6) is 0.796. The standard InChI is InChI=1S/C20H27ClN4/c1-22-20(23-12-11-18-9-4-5-10-19(18)21)24-14-16-7-6-8-17(13-16)15-25(2)3/h4-10,13H,11-12,14-15H2,1-3H3,(H2,22,23,24). The average Bonchev–Trinajstić information content (AvgIpc) is 2.59. The molecule has 25 heavy (non-hydrogen) atoms. The summed E-state index contributed by atoms with van der Waals surface area (Å²) in [7, 11) is 5.94. The lowest BCUT2D eigenvalue weighted by Crippen LogP contribution is -2.37. The van der Waals surface area contributed by atoms with Crippen molar-refractivity contribution in [3.05, 3.63) is 70.2 Å². The monoisotopic (exact) mass is 358 g/mol. The van der Waals surface area contributed by atoms with Gasteiger partial charge in [-0.25, -0.2) is 0 Å². The molecule has 0 atom stereocenters. The molecule has 0 aromatic heterocycles. The molecule has 2 N–H and O–H groups in total.